The van der Waals surface area contributed by atoms with Gasteiger partial charge in [-0.15, -0.1) is 0 Å². The minimum absolute atomic E-state index is 0.0279. The summed E-state index contributed by atoms with van der Waals surface area (Å²) in [7, 11) is 1.36. The Kier molecular flexibility index (Phi) is 40.0. The second kappa shape index (κ2) is 40.7. The fraction of sp³-hybridized carbons (Fsp3) is 0.894. The van der Waals surface area contributed by atoms with Crippen LogP contribution in [0.2, 0.25) is 0 Å². The minimum Gasteiger partial charge on any atom is -0.756 e. The SMILES string of the molecule is CCCCCCC/C=C\C/C=C\CCCCCCCCCCCCCC(=O)OC(COCCCCCCCCCCCCC)COP(=O)([O-])OCC[N+](C)(C)C. The Morgan fingerprint density at radius 3 is 1.45 bits per heavy atom. The Labute approximate surface area is 347 Å². The van der Waals surface area contributed by atoms with E-state index in [-0.39, 0.29) is 25.8 Å². The van der Waals surface area contributed by atoms with Crippen LogP contribution in [0.3, 0.4) is 0 Å². The van der Waals surface area contributed by atoms with Crippen LogP contribution in [0, 0.1) is 0 Å². The Hall–Kier alpha value is -1.02. The van der Waals surface area contributed by atoms with Gasteiger partial charge in [-0.05, 0) is 44.9 Å². The van der Waals surface area contributed by atoms with E-state index in [0.29, 0.717) is 24.1 Å². The second-order valence-corrected chi connectivity index (χ2v) is 18.5. The van der Waals surface area contributed by atoms with E-state index in [2.05, 4.69) is 38.2 Å². The second-order valence-electron chi connectivity index (χ2n) is 17.1. The maximum Gasteiger partial charge on any atom is 0.306 e. The summed E-state index contributed by atoms with van der Waals surface area (Å²) in [5.74, 6) is -0.334. The molecule has 8 nitrogen and oxygen atoms in total. The van der Waals surface area contributed by atoms with Crippen LogP contribution in [0.5, 0.6) is 0 Å². The van der Waals surface area contributed by atoms with E-state index in [1.54, 1.807) is 0 Å². The monoisotopic (exact) mass is 814 g/mol. The van der Waals surface area contributed by atoms with Gasteiger partial charge < -0.3 is 27.9 Å². The molecule has 2 unspecified atom stereocenters. The lowest BCUT2D eigenvalue weighted by Gasteiger charge is -2.28. The predicted molar refractivity (Wildman–Crippen MR) is 236 cm³/mol. The highest BCUT2D eigenvalue weighted by atomic mass is 31.2. The molecule has 0 aromatic rings. The Balaban J connectivity index is 4.09. The fourth-order valence-corrected chi connectivity index (χ4v) is 7.31. The third kappa shape index (κ3) is 44.1. The molecule has 56 heavy (non-hydrogen) atoms. The summed E-state index contributed by atoms with van der Waals surface area (Å²) in [6.07, 6.45) is 46.2. The Morgan fingerprint density at radius 1 is 0.554 bits per heavy atom. The van der Waals surface area contributed by atoms with Crippen LogP contribution in [-0.4, -0.2) is 70.7 Å². The molecule has 9 heteroatoms. The number of quaternary nitrogens is 1. The summed E-state index contributed by atoms with van der Waals surface area (Å²) in [4.78, 5) is 25.1. The average Bonchev–Trinajstić information content (AvgIpc) is 3.15. The van der Waals surface area contributed by atoms with E-state index >= 15 is 0 Å². The molecule has 0 aliphatic carbocycles. The van der Waals surface area contributed by atoms with Crippen molar-refractivity contribution in [2.24, 2.45) is 0 Å². The van der Waals surface area contributed by atoms with Crippen LogP contribution in [0.15, 0.2) is 24.3 Å². The number of rotatable bonds is 44. The van der Waals surface area contributed by atoms with Gasteiger partial charge in [0.15, 0.2) is 0 Å². The van der Waals surface area contributed by atoms with Crippen LogP contribution in [0.25, 0.3) is 0 Å². The molecule has 0 aromatic heterocycles. The molecule has 0 spiro atoms. The molecule has 0 amide bonds. The zero-order valence-corrected chi connectivity index (χ0v) is 38.5. The lowest BCUT2D eigenvalue weighted by Crippen LogP contribution is -2.37. The van der Waals surface area contributed by atoms with E-state index in [9.17, 15) is 14.3 Å². The van der Waals surface area contributed by atoms with Crippen LogP contribution >= 0.6 is 7.82 Å². The van der Waals surface area contributed by atoms with E-state index in [0.717, 1.165) is 38.5 Å². The molecule has 332 valence electrons. The summed E-state index contributed by atoms with van der Waals surface area (Å²) in [5, 5.41) is 0. The fourth-order valence-electron chi connectivity index (χ4n) is 6.58. The topological polar surface area (TPSA) is 94.1 Å². The highest BCUT2D eigenvalue weighted by Gasteiger charge is 2.20. The van der Waals surface area contributed by atoms with Crippen molar-refractivity contribution < 1.29 is 37.3 Å². The van der Waals surface area contributed by atoms with Gasteiger partial charge in [0.1, 0.15) is 19.3 Å². The van der Waals surface area contributed by atoms with Gasteiger partial charge in [-0.1, -0.05) is 186 Å². The molecule has 0 fully saturated rings. The van der Waals surface area contributed by atoms with Gasteiger partial charge in [0.25, 0.3) is 7.82 Å². The van der Waals surface area contributed by atoms with Gasteiger partial charge in [-0.3, -0.25) is 9.36 Å². The molecule has 0 N–H and O–H groups in total. The van der Waals surface area contributed by atoms with Crippen molar-refractivity contribution in [3.8, 4) is 0 Å². The molecule has 2 atom stereocenters. The van der Waals surface area contributed by atoms with Crippen molar-refractivity contribution in [2.45, 2.75) is 219 Å². The highest BCUT2D eigenvalue weighted by Crippen LogP contribution is 2.38. The first kappa shape index (κ1) is 55.0. The largest absolute Gasteiger partial charge is 0.756 e. The average molecular weight is 814 g/mol. The Morgan fingerprint density at radius 2 is 0.982 bits per heavy atom. The number of allylic oxidation sites excluding steroid dienone is 4. The first-order valence-corrected chi connectivity index (χ1v) is 25.0. The van der Waals surface area contributed by atoms with Gasteiger partial charge in [0.05, 0.1) is 34.4 Å². The molecule has 0 aromatic carbocycles. The third-order valence-electron chi connectivity index (χ3n) is 10.3. The van der Waals surface area contributed by atoms with E-state index in [4.69, 9.17) is 18.5 Å². The summed E-state index contributed by atoms with van der Waals surface area (Å²) in [6, 6.07) is 0. The van der Waals surface area contributed by atoms with Crippen molar-refractivity contribution in [3.63, 3.8) is 0 Å². The molecular formula is C47H92NO7P. The molecule has 0 radical (unpaired) electrons. The lowest BCUT2D eigenvalue weighted by atomic mass is 10.0. The molecule has 0 bridgehead atoms. The zero-order chi connectivity index (χ0) is 41.3. The van der Waals surface area contributed by atoms with Crippen LogP contribution in [0.4, 0.5) is 0 Å². The maximum absolute atomic E-state index is 12.7. The molecule has 0 aliphatic rings. The van der Waals surface area contributed by atoms with Crippen LogP contribution < -0.4 is 4.89 Å². The molecular weight excluding hydrogens is 721 g/mol. The molecule has 0 saturated heterocycles. The van der Waals surface area contributed by atoms with Crippen molar-refractivity contribution in [3.05, 3.63) is 24.3 Å². The number of hydrogen-bond donors (Lipinski definition) is 0. The normalized spacial score (nSPS) is 13.9. The number of carbonyl (C=O) groups is 1. The summed E-state index contributed by atoms with van der Waals surface area (Å²) >= 11 is 0. The molecule has 0 aliphatic heterocycles. The number of likely N-dealkylation sites (N-methyl/N-ethyl adjacent to an activating group) is 1. The number of hydrogen-bond acceptors (Lipinski definition) is 7. The number of phosphoric acid groups is 1. The number of phosphoric ester groups is 1. The molecule has 0 heterocycles. The molecule has 0 saturated carbocycles. The quantitative estimate of drug-likeness (QED) is 0.0199. The minimum atomic E-state index is -4.52. The third-order valence-corrected chi connectivity index (χ3v) is 11.2. The van der Waals surface area contributed by atoms with Crippen molar-refractivity contribution >= 4 is 13.8 Å². The van der Waals surface area contributed by atoms with Crippen LogP contribution in [-0.2, 0) is 27.9 Å². The zero-order valence-electron chi connectivity index (χ0n) is 37.6. The number of nitrogens with zero attached hydrogens (tertiary/aromatic N) is 1. The van der Waals surface area contributed by atoms with Gasteiger partial charge in [0, 0.05) is 13.0 Å². The summed E-state index contributed by atoms with van der Waals surface area (Å²) < 4.78 is 34.6. The summed E-state index contributed by atoms with van der Waals surface area (Å²) in [5.41, 5.74) is 0. The summed E-state index contributed by atoms with van der Waals surface area (Å²) in [6.45, 7) is 5.43. The smallest absolute Gasteiger partial charge is 0.306 e. The van der Waals surface area contributed by atoms with E-state index < -0.39 is 13.9 Å². The van der Waals surface area contributed by atoms with Crippen molar-refractivity contribution in [1.29, 1.82) is 0 Å². The standard InChI is InChI=1S/C47H92NO7P/c1-6-8-10-12-14-16-18-19-20-21-22-23-24-25-26-27-28-29-30-32-34-36-38-40-47(49)55-46(45-54-56(50,51)53-43-41-48(3,4)5)44-52-42-39-37-35-33-31-17-15-13-11-9-7-2/h18-19,21-22,46H,6-17,20,23-45H2,1-5H3/b19-18-,22-21-. The number of unbranched alkanes of at least 4 members (excludes halogenated alkanes) is 26. The number of ether oxygens (including phenoxy) is 2. The van der Waals surface area contributed by atoms with Crippen molar-refractivity contribution in [2.75, 3.05) is 54.1 Å². The Bertz CT molecular complexity index is 951. The first-order valence-electron chi connectivity index (χ1n) is 23.6. The van der Waals surface area contributed by atoms with Crippen molar-refractivity contribution in [1.82, 2.24) is 0 Å². The van der Waals surface area contributed by atoms with Crippen LogP contribution in [0.1, 0.15) is 213 Å². The number of carbonyl (C=O) groups excluding carboxylic acids is 1. The first-order chi connectivity index (χ1) is 27.1. The van der Waals surface area contributed by atoms with Gasteiger partial charge in [-0.25, -0.2) is 0 Å². The van der Waals surface area contributed by atoms with E-state index in [1.807, 2.05) is 21.1 Å². The van der Waals surface area contributed by atoms with Gasteiger partial charge in [-0.2, -0.15) is 0 Å². The lowest BCUT2D eigenvalue weighted by molar-refractivity contribution is -0.870. The number of esters is 1. The van der Waals surface area contributed by atoms with Gasteiger partial charge in [0.2, 0.25) is 0 Å². The maximum atomic E-state index is 12.7. The molecule has 0 rings (SSSR count). The van der Waals surface area contributed by atoms with E-state index in [1.165, 1.54) is 154 Å². The predicted octanol–water partition coefficient (Wildman–Crippen LogP) is 13.4. The van der Waals surface area contributed by atoms with Gasteiger partial charge >= 0.3 is 5.97 Å². The highest BCUT2D eigenvalue weighted by molar-refractivity contribution is 7.45.